The Balaban J connectivity index is 1.77. The van der Waals surface area contributed by atoms with Crippen LogP contribution in [-0.4, -0.2) is 7.42 Å². The van der Waals surface area contributed by atoms with Crippen molar-refractivity contribution < 1.29 is 0 Å². The first-order valence-electron chi connectivity index (χ1n) is 8.61. The van der Waals surface area contributed by atoms with Crippen LogP contribution in [0.4, 0.5) is 0 Å². The van der Waals surface area contributed by atoms with Gasteiger partial charge in [0.1, 0.15) is 0 Å². The van der Waals surface area contributed by atoms with Crippen molar-refractivity contribution in [2.75, 3.05) is 0 Å². The minimum absolute atomic E-state index is 1.09. The van der Waals surface area contributed by atoms with Crippen molar-refractivity contribution in [3.63, 3.8) is 0 Å². The van der Waals surface area contributed by atoms with Crippen LogP contribution < -0.4 is 0 Å². The summed E-state index contributed by atoms with van der Waals surface area (Å²) in [4.78, 5) is 0. The minimum Gasteiger partial charge on any atom is -0.150 e. The predicted octanol–water partition coefficient (Wildman–Crippen LogP) is 6.83. The van der Waals surface area contributed by atoms with E-state index in [1.54, 1.807) is 0 Å². The highest BCUT2D eigenvalue weighted by Gasteiger charge is 2.00. The molecule has 0 bridgehead atoms. The smallest absolute Gasteiger partial charge is 0.150 e. The summed E-state index contributed by atoms with van der Waals surface area (Å²) in [6, 6.07) is 11.9. The van der Waals surface area contributed by atoms with E-state index in [9.17, 15) is 0 Å². The molecule has 0 saturated carbocycles. The SMILES string of the molecule is Cl[SiH](Cl)CCCCCCCCCCCCc1ccccc1. The lowest BCUT2D eigenvalue weighted by atomic mass is 10.0. The van der Waals surface area contributed by atoms with Crippen LogP contribution in [0.2, 0.25) is 6.04 Å². The maximum atomic E-state index is 5.84. The molecule has 0 aliphatic heterocycles. The highest BCUT2D eigenvalue weighted by atomic mass is 35.7. The second-order valence-electron chi connectivity index (χ2n) is 5.95. The maximum absolute atomic E-state index is 5.84. The third-order valence-electron chi connectivity index (χ3n) is 3.98. The van der Waals surface area contributed by atoms with E-state index < -0.39 is 7.42 Å². The quantitative estimate of drug-likeness (QED) is 0.209. The second kappa shape index (κ2) is 13.7. The predicted molar refractivity (Wildman–Crippen MR) is 100.0 cm³/mol. The van der Waals surface area contributed by atoms with Crippen molar-refractivity contribution >= 4 is 29.6 Å². The Morgan fingerprint density at radius 3 is 1.62 bits per heavy atom. The van der Waals surface area contributed by atoms with Crippen molar-refractivity contribution in [1.29, 1.82) is 0 Å². The van der Waals surface area contributed by atoms with Gasteiger partial charge in [-0.05, 0) is 24.4 Å². The fourth-order valence-corrected chi connectivity index (χ4v) is 4.21. The van der Waals surface area contributed by atoms with Crippen LogP contribution >= 0.6 is 22.2 Å². The molecule has 0 saturated heterocycles. The van der Waals surface area contributed by atoms with E-state index in [2.05, 4.69) is 30.3 Å². The van der Waals surface area contributed by atoms with Gasteiger partial charge < -0.3 is 0 Å². The lowest BCUT2D eigenvalue weighted by Crippen LogP contribution is -1.91. The van der Waals surface area contributed by atoms with Gasteiger partial charge in [0.15, 0.2) is 0 Å². The molecular weight excluding hydrogens is 315 g/mol. The van der Waals surface area contributed by atoms with Crippen LogP contribution in [0.15, 0.2) is 30.3 Å². The molecule has 0 aliphatic carbocycles. The zero-order valence-electron chi connectivity index (χ0n) is 13.2. The van der Waals surface area contributed by atoms with Gasteiger partial charge in [-0.2, -0.15) is 22.2 Å². The fourth-order valence-electron chi connectivity index (χ4n) is 2.69. The van der Waals surface area contributed by atoms with Gasteiger partial charge >= 0.3 is 0 Å². The molecule has 1 aromatic rings. The topological polar surface area (TPSA) is 0 Å². The largest absolute Gasteiger partial charge is 0.237 e. The first kappa shape index (κ1) is 19.1. The highest BCUT2D eigenvalue weighted by Crippen LogP contribution is 2.14. The number of unbranched alkanes of at least 4 members (excludes halogenated alkanes) is 9. The minimum atomic E-state index is -1.33. The molecule has 0 radical (unpaired) electrons. The average Bonchev–Trinajstić information content (AvgIpc) is 2.49. The monoisotopic (exact) mass is 344 g/mol. The summed E-state index contributed by atoms with van der Waals surface area (Å²) in [6.45, 7) is 0. The summed E-state index contributed by atoms with van der Waals surface area (Å²) >= 11 is 11.7. The van der Waals surface area contributed by atoms with Gasteiger partial charge in [0.2, 0.25) is 7.42 Å². The van der Waals surface area contributed by atoms with Gasteiger partial charge in [0.25, 0.3) is 0 Å². The standard InChI is InChI=1S/C18H30Cl2Si/c19-21(20)17-13-8-6-4-2-1-3-5-7-10-14-18-15-11-9-12-16-18/h9,11-12,15-16,21H,1-8,10,13-14,17H2. The molecule has 21 heavy (non-hydrogen) atoms. The Hall–Kier alpha value is 0.0169. The maximum Gasteiger partial charge on any atom is 0.237 e. The lowest BCUT2D eigenvalue weighted by molar-refractivity contribution is 0.556. The summed E-state index contributed by atoms with van der Waals surface area (Å²) in [5.74, 6) is 0. The highest BCUT2D eigenvalue weighted by molar-refractivity contribution is 7.33. The second-order valence-corrected chi connectivity index (χ2v) is 11.1. The molecule has 3 heteroatoms. The Labute approximate surface area is 142 Å². The van der Waals surface area contributed by atoms with E-state index in [0.29, 0.717) is 0 Å². The summed E-state index contributed by atoms with van der Waals surface area (Å²) in [5, 5.41) is 0. The number of hydrogen-bond donors (Lipinski definition) is 0. The molecule has 0 aromatic heterocycles. The number of hydrogen-bond acceptors (Lipinski definition) is 0. The third kappa shape index (κ3) is 12.3. The molecule has 0 atom stereocenters. The van der Waals surface area contributed by atoms with Crippen molar-refractivity contribution in [3.05, 3.63) is 35.9 Å². The zero-order valence-corrected chi connectivity index (χ0v) is 15.9. The Kier molecular flexibility index (Phi) is 12.4. The van der Waals surface area contributed by atoms with Crippen LogP contribution in [0.5, 0.6) is 0 Å². The van der Waals surface area contributed by atoms with Gasteiger partial charge in [-0.25, -0.2) is 0 Å². The van der Waals surface area contributed by atoms with Crippen LogP contribution in [0.3, 0.4) is 0 Å². The van der Waals surface area contributed by atoms with Gasteiger partial charge in [0, 0.05) is 0 Å². The fraction of sp³-hybridized carbons (Fsp3) is 0.667. The Morgan fingerprint density at radius 1 is 0.619 bits per heavy atom. The molecular formula is C18H30Cl2Si. The third-order valence-corrected chi connectivity index (χ3v) is 6.13. The van der Waals surface area contributed by atoms with E-state index in [-0.39, 0.29) is 0 Å². The van der Waals surface area contributed by atoms with Gasteiger partial charge in [-0.1, -0.05) is 88.1 Å². The van der Waals surface area contributed by atoms with Crippen LogP contribution in [0, 0.1) is 0 Å². The van der Waals surface area contributed by atoms with Crippen LogP contribution in [0.25, 0.3) is 0 Å². The number of rotatable bonds is 13. The molecule has 120 valence electrons. The Morgan fingerprint density at radius 2 is 1.10 bits per heavy atom. The van der Waals surface area contributed by atoms with E-state index in [1.165, 1.54) is 76.2 Å². The van der Waals surface area contributed by atoms with Crippen molar-refractivity contribution in [3.8, 4) is 0 Å². The molecule has 1 aromatic carbocycles. The average molecular weight is 345 g/mol. The van der Waals surface area contributed by atoms with E-state index in [4.69, 9.17) is 22.2 Å². The van der Waals surface area contributed by atoms with Gasteiger partial charge in [-0.3, -0.25) is 0 Å². The first-order valence-corrected chi connectivity index (χ1v) is 12.9. The first-order chi connectivity index (χ1) is 10.3. The molecule has 0 N–H and O–H groups in total. The van der Waals surface area contributed by atoms with Crippen LogP contribution in [-0.2, 0) is 6.42 Å². The molecule has 0 nitrogen and oxygen atoms in total. The van der Waals surface area contributed by atoms with E-state index in [0.717, 1.165) is 6.04 Å². The number of halogens is 2. The molecule has 0 spiro atoms. The van der Waals surface area contributed by atoms with Gasteiger partial charge in [-0.15, -0.1) is 0 Å². The normalized spacial score (nSPS) is 11.2. The number of aryl methyl sites for hydroxylation is 1. The number of benzene rings is 1. The Bertz CT molecular complexity index is 327. The lowest BCUT2D eigenvalue weighted by Gasteiger charge is -2.03. The van der Waals surface area contributed by atoms with Crippen molar-refractivity contribution in [2.24, 2.45) is 0 Å². The van der Waals surface area contributed by atoms with Crippen molar-refractivity contribution in [1.82, 2.24) is 0 Å². The summed E-state index contributed by atoms with van der Waals surface area (Å²) in [6.07, 6.45) is 14.9. The zero-order chi connectivity index (χ0) is 15.2. The van der Waals surface area contributed by atoms with Gasteiger partial charge in [0.05, 0.1) is 0 Å². The molecule has 0 amide bonds. The van der Waals surface area contributed by atoms with E-state index in [1.807, 2.05) is 0 Å². The van der Waals surface area contributed by atoms with Crippen molar-refractivity contribution in [2.45, 2.75) is 76.7 Å². The van der Waals surface area contributed by atoms with Crippen LogP contribution in [0.1, 0.15) is 69.8 Å². The molecule has 1 rings (SSSR count). The summed E-state index contributed by atoms with van der Waals surface area (Å²) in [7, 11) is -1.33. The summed E-state index contributed by atoms with van der Waals surface area (Å²) in [5.41, 5.74) is 1.48. The summed E-state index contributed by atoms with van der Waals surface area (Å²) < 4.78 is 0. The van der Waals surface area contributed by atoms with E-state index >= 15 is 0 Å². The molecule has 0 unspecified atom stereocenters. The molecule has 0 fully saturated rings. The molecule has 0 aliphatic rings. The molecule has 0 heterocycles.